The van der Waals surface area contributed by atoms with E-state index < -0.39 is 10.8 Å². The number of halogens is 2. The van der Waals surface area contributed by atoms with E-state index in [9.17, 15) is 14.9 Å². The number of ether oxygens (including phenoxy) is 3. The zero-order valence-corrected chi connectivity index (χ0v) is 26.5. The number of nitro groups is 1. The molecule has 13 heteroatoms. The van der Waals surface area contributed by atoms with E-state index in [2.05, 4.69) is 27.2 Å². The van der Waals surface area contributed by atoms with Gasteiger partial charge in [-0.3, -0.25) is 14.9 Å². The topological polar surface area (TPSA) is 130 Å². The highest BCUT2D eigenvalue weighted by Gasteiger charge is 2.22. The van der Waals surface area contributed by atoms with E-state index in [1.54, 1.807) is 24.3 Å². The van der Waals surface area contributed by atoms with Gasteiger partial charge >= 0.3 is 11.6 Å². The molecular weight excluding hydrogens is 635 g/mol. The number of benzene rings is 3. The Morgan fingerprint density at radius 1 is 0.957 bits per heavy atom. The number of hydrogen-bond donors (Lipinski definition) is 1. The van der Waals surface area contributed by atoms with Crippen molar-refractivity contribution in [1.82, 2.24) is 9.99 Å². The van der Waals surface area contributed by atoms with E-state index in [0.717, 1.165) is 17.1 Å². The van der Waals surface area contributed by atoms with Gasteiger partial charge in [0.25, 0.3) is 0 Å². The number of aromatic nitrogens is 1. The van der Waals surface area contributed by atoms with E-state index in [1.807, 2.05) is 38.1 Å². The van der Waals surface area contributed by atoms with Crippen LogP contribution in [-0.2, 0) is 13.2 Å². The Morgan fingerprint density at radius 3 is 2.37 bits per heavy atom. The Labute approximate surface area is 274 Å². The first-order valence-corrected chi connectivity index (χ1v) is 14.6. The number of hydrazone groups is 1. The van der Waals surface area contributed by atoms with Gasteiger partial charge in [-0.25, -0.2) is 5.43 Å². The fourth-order valence-electron chi connectivity index (χ4n) is 4.62. The number of nitro benzene ring substituents is 1. The summed E-state index contributed by atoms with van der Waals surface area (Å²) in [5.41, 5.74) is 6.24. The van der Waals surface area contributed by atoms with Gasteiger partial charge in [0.1, 0.15) is 24.7 Å². The van der Waals surface area contributed by atoms with Gasteiger partial charge in [0, 0.05) is 28.7 Å². The van der Waals surface area contributed by atoms with Gasteiger partial charge in [0.05, 0.1) is 28.3 Å². The van der Waals surface area contributed by atoms with Gasteiger partial charge in [0.2, 0.25) is 5.75 Å². The van der Waals surface area contributed by atoms with Crippen molar-refractivity contribution in [3.05, 3.63) is 133 Å². The van der Waals surface area contributed by atoms with Crippen molar-refractivity contribution in [2.24, 2.45) is 5.10 Å². The van der Waals surface area contributed by atoms with Crippen molar-refractivity contribution in [1.29, 1.82) is 0 Å². The van der Waals surface area contributed by atoms with Gasteiger partial charge in [0.15, 0.2) is 11.5 Å². The number of carbonyl (C=O) groups excluding carboxylic acids is 1. The Bertz CT molecular complexity index is 1900. The third kappa shape index (κ3) is 7.51. The van der Waals surface area contributed by atoms with Gasteiger partial charge in [-0.05, 0) is 86.1 Å². The molecule has 0 saturated heterocycles. The van der Waals surface area contributed by atoms with Crippen LogP contribution in [0.2, 0.25) is 10.0 Å². The average molecular weight is 664 g/mol. The number of nitrogens with zero attached hydrogens (tertiary/aromatic N) is 3. The summed E-state index contributed by atoms with van der Waals surface area (Å²) in [5.74, 6) is 0.502. The molecule has 0 atom stereocenters. The maximum atomic E-state index is 12.6. The summed E-state index contributed by atoms with van der Waals surface area (Å²) in [4.78, 5) is 23.9. The molecule has 11 nitrogen and oxygen atoms in total. The zero-order chi connectivity index (χ0) is 32.8. The number of carbonyl (C=O) groups is 1. The first-order chi connectivity index (χ1) is 22.1. The first kappa shape index (κ1) is 32.1. The number of hydrogen-bond acceptors (Lipinski definition) is 8. The fraction of sp³-hybridized carbons (Fsp3) is 0.152. The normalized spacial score (nSPS) is 11.1. The molecule has 0 radical (unpaired) electrons. The quantitative estimate of drug-likeness (QED) is 0.0818. The molecule has 0 aliphatic carbocycles. The van der Waals surface area contributed by atoms with Crippen LogP contribution in [0.3, 0.4) is 0 Å². The van der Waals surface area contributed by atoms with Crippen LogP contribution in [0.15, 0.2) is 88.4 Å². The number of nitrogens with one attached hydrogen (secondary N) is 1. The van der Waals surface area contributed by atoms with E-state index in [-0.39, 0.29) is 41.7 Å². The second-order valence-corrected chi connectivity index (χ2v) is 10.9. The van der Waals surface area contributed by atoms with Crippen LogP contribution in [0.25, 0.3) is 5.69 Å². The average Bonchev–Trinajstić information content (AvgIpc) is 3.66. The molecule has 3 aromatic carbocycles. The lowest BCUT2D eigenvalue weighted by atomic mass is 10.1. The highest BCUT2D eigenvalue weighted by atomic mass is 35.5. The molecule has 0 aliphatic rings. The second kappa shape index (κ2) is 14.2. The van der Waals surface area contributed by atoms with Crippen LogP contribution in [0, 0.1) is 24.0 Å². The van der Waals surface area contributed by atoms with Crippen LogP contribution in [0.5, 0.6) is 17.2 Å². The number of rotatable bonds is 12. The summed E-state index contributed by atoms with van der Waals surface area (Å²) in [6.45, 7) is 4.19. The zero-order valence-electron chi connectivity index (χ0n) is 25.0. The van der Waals surface area contributed by atoms with Crippen LogP contribution in [0.1, 0.15) is 38.8 Å². The van der Waals surface area contributed by atoms with Crippen LogP contribution < -0.4 is 19.6 Å². The van der Waals surface area contributed by atoms with E-state index in [1.165, 1.54) is 31.5 Å². The minimum absolute atomic E-state index is 0.0132. The molecule has 0 bridgehead atoms. The second-order valence-electron chi connectivity index (χ2n) is 10.1. The van der Waals surface area contributed by atoms with Crippen LogP contribution >= 0.6 is 23.2 Å². The lowest BCUT2D eigenvalue weighted by Crippen LogP contribution is -2.16. The van der Waals surface area contributed by atoms with Crippen LogP contribution in [-0.4, -0.2) is 28.7 Å². The third-order valence-corrected chi connectivity index (χ3v) is 7.59. The number of furan rings is 1. The minimum Gasteiger partial charge on any atom is -0.493 e. The number of methoxy groups -OCH3 is 1. The predicted octanol–water partition coefficient (Wildman–Crippen LogP) is 7.83. The summed E-state index contributed by atoms with van der Waals surface area (Å²) in [7, 11) is 1.35. The minimum atomic E-state index is -0.618. The molecule has 0 unspecified atom stereocenters. The molecule has 46 heavy (non-hydrogen) atoms. The molecule has 0 spiro atoms. The first-order valence-electron chi connectivity index (χ1n) is 13.9. The van der Waals surface area contributed by atoms with Gasteiger partial charge in [-0.2, -0.15) is 5.10 Å². The molecule has 236 valence electrons. The summed E-state index contributed by atoms with van der Waals surface area (Å²) >= 11 is 12.0. The lowest BCUT2D eigenvalue weighted by Gasteiger charge is -2.12. The van der Waals surface area contributed by atoms with Crippen LogP contribution in [0.4, 0.5) is 5.69 Å². The van der Waals surface area contributed by atoms with Crippen molar-refractivity contribution in [3.63, 3.8) is 0 Å². The highest BCUT2D eigenvalue weighted by molar-refractivity contribution is 6.42. The Balaban J connectivity index is 1.19. The lowest BCUT2D eigenvalue weighted by molar-refractivity contribution is -0.386. The molecule has 5 aromatic rings. The Hall–Kier alpha value is -5.26. The van der Waals surface area contributed by atoms with Crippen molar-refractivity contribution in [2.45, 2.75) is 27.1 Å². The summed E-state index contributed by atoms with van der Waals surface area (Å²) < 4.78 is 24.6. The summed E-state index contributed by atoms with van der Waals surface area (Å²) in [5, 5.41) is 16.5. The molecule has 0 aliphatic heterocycles. The number of amides is 1. The molecule has 1 N–H and O–H groups in total. The van der Waals surface area contributed by atoms with Crippen molar-refractivity contribution in [3.8, 4) is 22.9 Å². The molecule has 0 saturated carbocycles. The molecule has 0 fully saturated rings. The van der Waals surface area contributed by atoms with Crippen molar-refractivity contribution < 1.29 is 28.3 Å². The summed E-state index contributed by atoms with van der Waals surface area (Å²) in [6, 6.07) is 22.6. The maximum Gasteiger partial charge on any atom is 0.315 e. The highest BCUT2D eigenvalue weighted by Crippen LogP contribution is 2.38. The van der Waals surface area contributed by atoms with Gasteiger partial charge in [-0.15, -0.1) is 0 Å². The Kier molecular flexibility index (Phi) is 9.94. The van der Waals surface area contributed by atoms with E-state index in [0.29, 0.717) is 27.1 Å². The fourth-order valence-corrected chi connectivity index (χ4v) is 4.94. The molecule has 5 rings (SSSR count). The standard InChI is InChI=1S/C33H28Cl2N4O7/c1-20-4-5-21(2)38(20)24-7-9-25(10-8-24)44-19-26-11-13-30(46-26)33(40)37-36-17-23-15-29(39(41)42)32(31(16-23)43-3)45-18-22-6-12-27(34)28(35)14-22/h4-17H,18-19H2,1-3H3,(H,37,40)/b36-17+. The van der Waals surface area contributed by atoms with Gasteiger partial charge in [-0.1, -0.05) is 29.3 Å². The van der Waals surface area contributed by atoms with Crippen molar-refractivity contribution >= 4 is 41.0 Å². The SMILES string of the molecule is COc1cc(/C=N/NC(=O)c2ccc(COc3ccc(-n4c(C)ccc4C)cc3)o2)cc([N+](=O)[O-])c1OCc1ccc(Cl)c(Cl)c1. The van der Waals surface area contributed by atoms with Crippen molar-refractivity contribution in [2.75, 3.05) is 7.11 Å². The van der Waals surface area contributed by atoms with Gasteiger partial charge < -0.3 is 23.2 Å². The molecule has 2 heterocycles. The molecule has 2 aromatic heterocycles. The van der Waals surface area contributed by atoms with E-state index >= 15 is 0 Å². The Morgan fingerprint density at radius 2 is 1.70 bits per heavy atom. The van der Waals surface area contributed by atoms with E-state index in [4.69, 9.17) is 41.8 Å². The predicted molar refractivity (Wildman–Crippen MR) is 174 cm³/mol. The smallest absolute Gasteiger partial charge is 0.315 e. The molecular formula is C33H28Cl2N4O7. The maximum absolute atomic E-state index is 12.6. The monoisotopic (exact) mass is 662 g/mol. The third-order valence-electron chi connectivity index (χ3n) is 6.85. The summed E-state index contributed by atoms with van der Waals surface area (Å²) in [6.07, 6.45) is 1.24. The molecule has 1 amide bonds. The largest absolute Gasteiger partial charge is 0.493 e. The number of aryl methyl sites for hydroxylation is 2.